The predicted octanol–water partition coefficient (Wildman–Crippen LogP) is 4.16. The van der Waals surface area contributed by atoms with Gasteiger partial charge in [-0.15, -0.1) is 0 Å². The highest BCUT2D eigenvalue weighted by molar-refractivity contribution is 5.92. The van der Waals surface area contributed by atoms with Gasteiger partial charge in [0.1, 0.15) is 0 Å². The number of hydrogen-bond donors (Lipinski definition) is 1. The molecule has 0 aliphatic heterocycles. The van der Waals surface area contributed by atoms with Gasteiger partial charge in [-0.2, -0.15) is 0 Å². The normalized spacial score (nSPS) is 21.3. The summed E-state index contributed by atoms with van der Waals surface area (Å²) < 4.78 is 4.84. The fourth-order valence-corrected chi connectivity index (χ4v) is 3.07. The fourth-order valence-electron chi connectivity index (χ4n) is 3.07. The summed E-state index contributed by atoms with van der Waals surface area (Å²) in [4.78, 5) is 11.8. The van der Waals surface area contributed by atoms with E-state index in [0.29, 0.717) is 17.0 Å². The average molecular weight is 275 g/mol. The molecule has 20 heavy (non-hydrogen) atoms. The zero-order valence-electron chi connectivity index (χ0n) is 13.0. The summed E-state index contributed by atoms with van der Waals surface area (Å²) >= 11 is 0. The second-order valence-electron chi connectivity index (χ2n) is 6.40. The first-order valence-electron chi connectivity index (χ1n) is 7.40. The lowest BCUT2D eigenvalue weighted by atomic mass is 9.73. The summed E-state index contributed by atoms with van der Waals surface area (Å²) in [6, 6.07) is 6.24. The standard InChI is InChI=1S/C17H25NO2/c1-12-13(16(19)20-4)8-7-9-14(12)18-15-10-5-6-11-17(15,2)3/h7-9,15,18H,5-6,10-11H2,1-4H3. The van der Waals surface area contributed by atoms with E-state index < -0.39 is 0 Å². The van der Waals surface area contributed by atoms with Crippen molar-refractivity contribution in [2.75, 3.05) is 12.4 Å². The molecule has 1 atom stereocenters. The zero-order chi connectivity index (χ0) is 14.8. The summed E-state index contributed by atoms with van der Waals surface area (Å²) in [6.45, 7) is 6.62. The molecule has 1 fully saturated rings. The number of carbonyl (C=O) groups excluding carboxylic acids is 1. The van der Waals surface area contributed by atoms with Gasteiger partial charge in [0.25, 0.3) is 0 Å². The molecule has 1 aliphatic rings. The largest absolute Gasteiger partial charge is 0.465 e. The van der Waals surface area contributed by atoms with E-state index in [1.807, 2.05) is 25.1 Å². The highest BCUT2D eigenvalue weighted by atomic mass is 16.5. The Morgan fingerprint density at radius 2 is 2.10 bits per heavy atom. The maximum Gasteiger partial charge on any atom is 0.338 e. The van der Waals surface area contributed by atoms with Crippen molar-refractivity contribution in [1.29, 1.82) is 0 Å². The van der Waals surface area contributed by atoms with Gasteiger partial charge in [-0.05, 0) is 42.9 Å². The van der Waals surface area contributed by atoms with Gasteiger partial charge in [0.2, 0.25) is 0 Å². The van der Waals surface area contributed by atoms with E-state index in [4.69, 9.17) is 4.74 Å². The van der Waals surface area contributed by atoms with Crippen molar-refractivity contribution < 1.29 is 9.53 Å². The van der Waals surface area contributed by atoms with Gasteiger partial charge in [-0.3, -0.25) is 0 Å². The van der Waals surface area contributed by atoms with Crippen LogP contribution >= 0.6 is 0 Å². The van der Waals surface area contributed by atoms with Crippen LogP contribution in [-0.2, 0) is 4.74 Å². The van der Waals surface area contributed by atoms with Crippen molar-refractivity contribution in [3.8, 4) is 0 Å². The number of ether oxygens (including phenoxy) is 1. The maximum absolute atomic E-state index is 11.8. The Kier molecular flexibility index (Phi) is 4.36. The SMILES string of the molecule is COC(=O)c1cccc(NC2CCCCC2(C)C)c1C. The van der Waals surface area contributed by atoms with E-state index >= 15 is 0 Å². The van der Waals surface area contributed by atoms with Gasteiger partial charge in [0.05, 0.1) is 12.7 Å². The summed E-state index contributed by atoms with van der Waals surface area (Å²) in [5.41, 5.74) is 2.96. The average Bonchev–Trinajstić information content (AvgIpc) is 2.42. The summed E-state index contributed by atoms with van der Waals surface area (Å²) in [5, 5.41) is 3.65. The van der Waals surface area contributed by atoms with E-state index in [-0.39, 0.29) is 5.97 Å². The molecule has 0 aromatic heterocycles. The molecule has 1 N–H and O–H groups in total. The highest BCUT2D eigenvalue weighted by Crippen LogP contribution is 2.37. The number of carbonyl (C=O) groups is 1. The van der Waals surface area contributed by atoms with Crippen LogP contribution in [-0.4, -0.2) is 19.1 Å². The van der Waals surface area contributed by atoms with Gasteiger partial charge in [0.15, 0.2) is 0 Å². The van der Waals surface area contributed by atoms with E-state index in [2.05, 4.69) is 19.2 Å². The Bertz CT molecular complexity index is 494. The van der Waals surface area contributed by atoms with E-state index in [0.717, 1.165) is 11.3 Å². The minimum atomic E-state index is -0.269. The molecule has 3 heteroatoms. The van der Waals surface area contributed by atoms with E-state index in [9.17, 15) is 4.79 Å². The first-order valence-corrected chi connectivity index (χ1v) is 7.40. The van der Waals surface area contributed by atoms with Crippen LogP contribution in [0.3, 0.4) is 0 Å². The number of hydrogen-bond acceptors (Lipinski definition) is 3. The second-order valence-corrected chi connectivity index (χ2v) is 6.40. The van der Waals surface area contributed by atoms with Crippen molar-refractivity contribution in [3.63, 3.8) is 0 Å². The third-order valence-corrected chi connectivity index (χ3v) is 4.58. The molecule has 1 saturated carbocycles. The first-order chi connectivity index (χ1) is 9.45. The summed E-state index contributed by atoms with van der Waals surface area (Å²) in [6.07, 6.45) is 5.03. The van der Waals surface area contributed by atoms with Crippen LogP contribution in [0.25, 0.3) is 0 Å². The monoisotopic (exact) mass is 275 g/mol. The molecule has 0 radical (unpaired) electrons. The van der Waals surface area contributed by atoms with Gasteiger partial charge in [-0.1, -0.05) is 32.8 Å². The third kappa shape index (κ3) is 2.97. The Hall–Kier alpha value is -1.51. The Morgan fingerprint density at radius 3 is 2.75 bits per heavy atom. The Balaban J connectivity index is 2.23. The first kappa shape index (κ1) is 14.9. The molecule has 1 unspecified atom stereocenters. The molecule has 0 spiro atoms. The molecular formula is C17H25NO2. The smallest absolute Gasteiger partial charge is 0.338 e. The fraction of sp³-hybridized carbons (Fsp3) is 0.588. The van der Waals surface area contributed by atoms with Gasteiger partial charge < -0.3 is 10.1 Å². The van der Waals surface area contributed by atoms with Crippen molar-refractivity contribution >= 4 is 11.7 Å². The van der Waals surface area contributed by atoms with E-state index in [1.54, 1.807) is 0 Å². The lowest BCUT2D eigenvalue weighted by Gasteiger charge is -2.40. The van der Waals surface area contributed by atoms with Crippen molar-refractivity contribution in [1.82, 2.24) is 0 Å². The predicted molar refractivity (Wildman–Crippen MR) is 82.2 cm³/mol. The minimum absolute atomic E-state index is 0.269. The number of methoxy groups -OCH3 is 1. The molecule has 0 saturated heterocycles. The van der Waals surface area contributed by atoms with Gasteiger partial charge in [0, 0.05) is 11.7 Å². The van der Waals surface area contributed by atoms with Crippen LogP contribution in [0.5, 0.6) is 0 Å². The molecule has 110 valence electrons. The van der Waals surface area contributed by atoms with Gasteiger partial charge >= 0.3 is 5.97 Å². The summed E-state index contributed by atoms with van der Waals surface area (Å²) in [7, 11) is 1.42. The van der Waals surface area contributed by atoms with Crippen LogP contribution in [0.2, 0.25) is 0 Å². The lowest BCUT2D eigenvalue weighted by molar-refractivity contribution is 0.0600. The van der Waals surface area contributed by atoms with Crippen LogP contribution in [0.1, 0.15) is 55.5 Å². The molecule has 0 amide bonds. The molecule has 1 aromatic carbocycles. The van der Waals surface area contributed by atoms with E-state index in [1.165, 1.54) is 32.8 Å². The molecular weight excluding hydrogens is 250 g/mol. The Morgan fingerprint density at radius 1 is 1.35 bits per heavy atom. The second kappa shape index (κ2) is 5.86. The van der Waals surface area contributed by atoms with Crippen molar-refractivity contribution in [2.24, 2.45) is 5.41 Å². The molecule has 0 bridgehead atoms. The van der Waals surface area contributed by atoms with Gasteiger partial charge in [-0.25, -0.2) is 4.79 Å². The number of esters is 1. The van der Waals surface area contributed by atoms with Crippen LogP contribution in [0.4, 0.5) is 5.69 Å². The topological polar surface area (TPSA) is 38.3 Å². The molecule has 3 nitrogen and oxygen atoms in total. The third-order valence-electron chi connectivity index (χ3n) is 4.58. The van der Waals surface area contributed by atoms with Crippen molar-refractivity contribution in [2.45, 2.75) is 52.5 Å². The molecule has 1 aromatic rings. The number of nitrogens with one attached hydrogen (secondary N) is 1. The highest BCUT2D eigenvalue weighted by Gasteiger charge is 2.32. The number of benzene rings is 1. The maximum atomic E-state index is 11.8. The lowest BCUT2D eigenvalue weighted by Crippen LogP contribution is -2.39. The zero-order valence-corrected chi connectivity index (χ0v) is 13.0. The Labute approximate surface area is 121 Å². The van der Waals surface area contributed by atoms with Crippen LogP contribution in [0, 0.1) is 12.3 Å². The summed E-state index contributed by atoms with van der Waals surface area (Å²) in [5.74, 6) is -0.269. The minimum Gasteiger partial charge on any atom is -0.465 e. The number of rotatable bonds is 3. The molecule has 1 aliphatic carbocycles. The van der Waals surface area contributed by atoms with Crippen molar-refractivity contribution in [3.05, 3.63) is 29.3 Å². The van der Waals surface area contributed by atoms with Crippen LogP contribution < -0.4 is 5.32 Å². The quantitative estimate of drug-likeness (QED) is 0.842. The molecule has 0 heterocycles. The van der Waals surface area contributed by atoms with Crippen LogP contribution in [0.15, 0.2) is 18.2 Å². The molecule has 2 rings (SSSR count). The number of anilines is 1.